The molecule has 1 aromatic rings. The molecule has 0 saturated heterocycles. The van der Waals surface area contributed by atoms with Crippen LogP contribution in [0, 0.1) is 6.92 Å². The standard InChI is InChI=1S/C12H23N2S/c1-4-6-7-13-8-9-14(12(13)3)10-11-15-5-2/h8-9H,4-7,10-11H2,1-3H3/q+1. The first-order valence-corrected chi connectivity index (χ1v) is 7.08. The molecule has 0 radical (unpaired) electrons. The predicted octanol–water partition coefficient (Wildman–Crippen LogP) is 2.64. The van der Waals surface area contributed by atoms with Crippen LogP contribution in [-0.4, -0.2) is 16.1 Å². The Morgan fingerprint density at radius 1 is 1.40 bits per heavy atom. The molecule has 0 bridgehead atoms. The fourth-order valence-corrected chi connectivity index (χ4v) is 2.26. The fourth-order valence-electron chi connectivity index (χ4n) is 1.65. The zero-order valence-electron chi connectivity index (χ0n) is 10.2. The second kappa shape index (κ2) is 6.94. The smallest absolute Gasteiger partial charge is 0.234 e. The van der Waals surface area contributed by atoms with Crippen LogP contribution in [0.25, 0.3) is 0 Å². The minimum atomic E-state index is 1.14. The van der Waals surface area contributed by atoms with E-state index in [2.05, 4.69) is 42.3 Å². The van der Waals surface area contributed by atoms with Crippen LogP contribution in [0.5, 0.6) is 0 Å². The summed E-state index contributed by atoms with van der Waals surface area (Å²) in [5, 5.41) is 0. The third-order valence-electron chi connectivity index (χ3n) is 2.69. The zero-order valence-corrected chi connectivity index (χ0v) is 11.0. The highest BCUT2D eigenvalue weighted by Crippen LogP contribution is 2.02. The maximum Gasteiger partial charge on any atom is 0.253 e. The minimum absolute atomic E-state index is 1.14. The molecule has 0 saturated carbocycles. The Labute approximate surface area is 97.7 Å². The SMILES string of the molecule is CCCC[n+]1ccn(CCSCC)c1C. The summed E-state index contributed by atoms with van der Waals surface area (Å²) in [6.45, 7) is 8.98. The number of rotatable bonds is 7. The van der Waals surface area contributed by atoms with Gasteiger partial charge in [-0.3, -0.25) is 0 Å². The van der Waals surface area contributed by atoms with Crippen molar-refractivity contribution in [3.63, 3.8) is 0 Å². The first-order chi connectivity index (χ1) is 7.29. The first kappa shape index (κ1) is 12.6. The maximum atomic E-state index is 2.36. The molecular formula is C12H23N2S+. The monoisotopic (exact) mass is 227 g/mol. The average Bonchev–Trinajstić information content (AvgIpc) is 2.58. The van der Waals surface area contributed by atoms with Crippen molar-refractivity contribution in [1.82, 2.24) is 4.57 Å². The van der Waals surface area contributed by atoms with Gasteiger partial charge in [0.05, 0.1) is 13.1 Å². The summed E-state index contributed by atoms with van der Waals surface area (Å²) in [6.07, 6.45) is 6.96. The van der Waals surface area contributed by atoms with Gasteiger partial charge in [0.15, 0.2) is 0 Å². The second-order valence-electron chi connectivity index (χ2n) is 3.78. The number of aromatic nitrogens is 2. The lowest BCUT2D eigenvalue weighted by atomic mass is 10.3. The Balaban J connectivity index is 2.47. The molecule has 0 aliphatic carbocycles. The number of hydrogen-bond acceptors (Lipinski definition) is 1. The Hall–Kier alpha value is -0.440. The maximum absolute atomic E-state index is 2.36. The third-order valence-corrected chi connectivity index (χ3v) is 3.57. The molecule has 0 aliphatic heterocycles. The number of imidazole rings is 1. The Kier molecular flexibility index (Phi) is 5.84. The number of aryl methyl sites for hydroxylation is 2. The largest absolute Gasteiger partial charge is 0.253 e. The van der Waals surface area contributed by atoms with Crippen LogP contribution in [0.15, 0.2) is 12.4 Å². The van der Waals surface area contributed by atoms with Gasteiger partial charge in [-0.15, -0.1) is 0 Å². The summed E-state index contributed by atoms with van der Waals surface area (Å²) in [7, 11) is 0. The molecule has 0 fully saturated rings. The van der Waals surface area contributed by atoms with Gasteiger partial charge in [-0.05, 0) is 12.2 Å². The van der Waals surface area contributed by atoms with Gasteiger partial charge in [0.2, 0.25) is 0 Å². The van der Waals surface area contributed by atoms with Crippen molar-refractivity contribution in [1.29, 1.82) is 0 Å². The second-order valence-corrected chi connectivity index (χ2v) is 5.18. The van der Waals surface area contributed by atoms with Crippen LogP contribution in [0.2, 0.25) is 0 Å². The Morgan fingerprint density at radius 2 is 2.20 bits per heavy atom. The average molecular weight is 227 g/mol. The first-order valence-electron chi connectivity index (χ1n) is 5.92. The highest BCUT2D eigenvalue weighted by molar-refractivity contribution is 7.99. The van der Waals surface area contributed by atoms with Gasteiger partial charge in [-0.2, -0.15) is 11.8 Å². The van der Waals surface area contributed by atoms with Crippen molar-refractivity contribution < 1.29 is 4.57 Å². The van der Waals surface area contributed by atoms with E-state index in [-0.39, 0.29) is 0 Å². The van der Waals surface area contributed by atoms with E-state index in [1.54, 1.807) is 0 Å². The van der Waals surface area contributed by atoms with Crippen molar-refractivity contribution in [3.8, 4) is 0 Å². The van der Waals surface area contributed by atoms with Crippen molar-refractivity contribution in [3.05, 3.63) is 18.2 Å². The summed E-state index contributed by atoms with van der Waals surface area (Å²) >= 11 is 2.01. The zero-order chi connectivity index (χ0) is 11.1. The number of nitrogens with zero attached hydrogens (tertiary/aromatic N) is 2. The minimum Gasteiger partial charge on any atom is -0.234 e. The van der Waals surface area contributed by atoms with E-state index in [0.717, 1.165) is 13.1 Å². The van der Waals surface area contributed by atoms with Gasteiger partial charge in [0, 0.05) is 12.7 Å². The van der Waals surface area contributed by atoms with Crippen LogP contribution < -0.4 is 4.57 Å². The van der Waals surface area contributed by atoms with Gasteiger partial charge in [0.25, 0.3) is 5.82 Å². The number of thioether (sulfide) groups is 1. The van der Waals surface area contributed by atoms with Crippen molar-refractivity contribution in [2.24, 2.45) is 0 Å². The van der Waals surface area contributed by atoms with Gasteiger partial charge in [-0.1, -0.05) is 20.3 Å². The highest BCUT2D eigenvalue weighted by Gasteiger charge is 2.10. The lowest BCUT2D eigenvalue weighted by Crippen LogP contribution is -2.35. The van der Waals surface area contributed by atoms with Crippen LogP contribution in [0.3, 0.4) is 0 Å². The molecule has 0 aliphatic rings. The Morgan fingerprint density at radius 3 is 2.87 bits per heavy atom. The topological polar surface area (TPSA) is 8.81 Å². The normalized spacial score (nSPS) is 10.9. The van der Waals surface area contributed by atoms with E-state index in [4.69, 9.17) is 0 Å². The summed E-state index contributed by atoms with van der Waals surface area (Å²) in [4.78, 5) is 0. The molecule has 3 heteroatoms. The quantitative estimate of drug-likeness (QED) is 0.514. The summed E-state index contributed by atoms with van der Waals surface area (Å²) < 4.78 is 4.72. The van der Waals surface area contributed by atoms with Gasteiger partial charge >= 0.3 is 0 Å². The van der Waals surface area contributed by atoms with Crippen molar-refractivity contribution in [2.75, 3.05) is 11.5 Å². The highest BCUT2D eigenvalue weighted by atomic mass is 32.2. The fraction of sp³-hybridized carbons (Fsp3) is 0.750. The van der Waals surface area contributed by atoms with Crippen LogP contribution in [0.1, 0.15) is 32.5 Å². The van der Waals surface area contributed by atoms with Crippen LogP contribution in [0.4, 0.5) is 0 Å². The predicted molar refractivity (Wildman–Crippen MR) is 67.3 cm³/mol. The molecule has 1 aromatic heterocycles. The van der Waals surface area contributed by atoms with Crippen molar-refractivity contribution >= 4 is 11.8 Å². The molecule has 1 heterocycles. The van der Waals surface area contributed by atoms with Crippen molar-refractivity contribution in [2.45, 2.75) is 46.7 Å². The molecule has 0 unspecified atom stereocenters. The van der Waals surface area contributed by atoms with Crippen LogP contribution in [-0.2, 0) is 13.1 Å². The molecule has 0 N–H and O–H groups in total. The van der Waals surface area contributed by atoms with E-state index in [9.17, 15) is 0 Å². The number of unbranched alkanes of at least 4 members (excludes halogenated alkanes) is 1. The van der Waals surface area contributed by atoms with Gasteiger partial charge in [-0.25, -0.2) is 9.13 Å². The van der Waals surface area contributed by atoms with E-state index in [0.29, 0.717) is 0 Å². The summed E-state index contributed by atoms with van der Waals surface area (Å²) in [5.41, 5.74) is 0. The Bertz CT molecular complexity index is 281. The molecule has 0 spiro atoms. The summed E-state index contributed by atoms with van der Waals surface area (Å²) in [6, 6.07) is 0. The van der Waals surface area contributed by atoms with E-state index < -0.39 is 0 Å². The summed E-state index contributed by atoms with van der Waals surface area (Å²) in [5.74, 6) is 3.83. The van der Waals surface area contributed by atoms with Gasteiger partial charge < -0.3 is 0 Å². The molecule has 0 amide bonds. The number of hydrogen-bond donors (Lipinski definition) is 0. The molecule has 86 valence electrons. The molecule has 1 rings (SSSR count). The lowest BCUT2D eigenvalue weighted by Gasteiger charge is -2.00. The van der Waals surface area contributed by atoms with E-state index in [1.807, 2.05) is 11.8 Å². The lowest BCUT2D eigenvalue weighted by molar-refractivity contribution is -0.702. The molecule has 0 aromatic carbocycles. The van der Waals surface area contributed by atoms with Crippen LogP contribution >= 0.6 is 11.8 Å². The van der Waals surface area contributed by atoms with E-state index >= 15 is 0 Å². The molecule has 15 heavy (non-hydrogen) atoms. The molecule has 2 nitrogen and oxygen atoms in total. The van der Waals surface area contributed by atoms with Gasteiger partial charge in [0.1, 0.15) is 12.4 Å². The molecular weight excluding hydrogens is 204 g/mol. The van der Waals surface area contributed by atoms with E-state index in [1.165, 1.54) is 30.2 Å². The molecule has 0 atom stereocenters. The third kappa shape index (κ3) is 3.90.